The standard InChI is InChI=1S/C21H24N2O4S2/c24-17-4-6-18(7-5-17)28-15-21(25)23-13-10-16-14-19(8-9-20(16)23)29(26,27)22-11-2-1-3-12-22/h4-9,14,24H,1-3,10-13,15H2. The Morgan fingerprint density at radius 1 is 1.00 bits per heavy atom. The first-order chi connectivity index (χ1) is 13.9. The maximum Gasteiger partial charge on any atom is 0.243 e. The summed E-state index contributed by atoms with van der Waals surface area (Å²) in [5.41, 5.74) is 1.71. The number of hydrogen-bond acceptors (Lipinski definition) is 5. The van der Waals surface area contributed by atoms with Gasteiger partial charge in [-0.25, -0.2) is 8.42 Å². The van der Waals surface area contributed by atoms with E-state index >= 15 is 0 Å². The van der Waals surface area contributed by atoms with Crippen LogP contribution in [-0.2, 0) is 21.2 Å². The number of piperidine rings is 1. The predicted molar refractivity (Wildman–Crippen MR) is 114 cm³/mol. The van der Waals surface area contributed by atoms with E-state index in [1.54, 1.807) is 51.7 Å². The Hall–Kier alpha value is -2.03. The number of phenolic OH excluding ortho intramolecular Hbond substituents is 1. The van der Waals surface area contributed by atoms with Crippen LogP contribution in [0.2, 0.25) is 0 Å². The maximum atomic E-state index is 12.9. The predicted octanol–water partition coefficient (Wildman–Crippen LogP) is 3.25. The second kappa shape index (κ2) is 8.38. The molecule has 2 aromatic carbocycles. The van der Waals surface area contributed by atoms with Crippen molar-refractivity contribution in [1.29, 1.82) is 0 Å². The zero-order chi connectivity index (χ0) is 20.4. The first-order valence-electron chi connectivity index (χ1n) is 9.80. The summed E-state index contributed by atoms with van der Waals surface area (Å²) in [6, 6.07) is 11.9. The fraction of sp³-hybridized carbons (Fsp3) is 0.381. The molecule has 0 saturated carbocycles. The van der Waals surface area contributed by atoms with E-state index in [9.17, 15) is 18.3 Å². The highest BCUT2D eigenvalue weighted by Gasteiger charge is 2.30. The Bertz CT molecular complexity index is 1000. The van der Waals surface area contributed by atoms with E-state index in [1.807, 2.05) is 0 Å². The molecular formula is C21H24N2O4S2. The van der Waals surface area contributed by atoms with Gasteiger partial charge >= 0.3 is 0 Å². The van der Waals surface area contributed by atoms with Crippen molar-refractivity contribution in [3.05, 3.63) is 48.0 Å². The minimum Gasteiger partial charge on any atom is -0.508 e. The third-order valence-electron chi connectivity index (χ3n) is 5.40. The van der Waals surface area contributed by atoms with Crippen molar-refractivity contribution >= 4 is 33.4 Å². The number of fused-ring (bicyclic) bond motifs is 1. The number of rotatable bonds is 5. The Labute approximate surface area is 175 Å². The minimum absolute atomic E-state index is 0.00605. The minimum atomic E-state index is -3.47. The molecule has 154 valence electrons. The zero-order valence-corrected chi connectivity index (χ0v) is 17.7. The fourth-order valence-corrected chi connectivity index (χ4v) is 6.16. The van der Waals surface area contributed by atoms with Crippen LogP contribution in [0.5, 0.6) is 5.75 Å². The van der Waals surface area contributed by atoms with E-state index in [1.165, 1.54) is 11.8 Å². The number of nitrogens with zero attached hydrogens (tertiary/aromatic N) is 2. The summed E-state index contributed by atoms with van der Waals surface area (Å²) in [6.07, 6.45) is 3.56. The lowest BCUT2D eigenvalue weighted by atomic mass is 10.2. The maximum absolute atomic E-state index is 12.9. The van der Waals surface area contributed by atoms with Crippen LogP contribution in [0.3, 0.4) is 0 Å². The lowest BCUT2D eigenvalue weighted by Crippen LogP contribution is -2.35. The average molecular weight is 433 g/mol. The molecule has 0 radical (unpaired) electrons. The smallest absolute Gasteiger partial charge is 0.243 e. The van der Waals surface area contributed by atoms with Gasteiger partial charge in [-0.05, 0) is 67.3 Å². The largest absolute Gasteiger partial charge is 0.508 e. The molecule has 29 heavy (non-hydrogen) atoms. The summed E-state index contributed by atoms with van der Waals surface area (Å²) in [6.45, 7) is 1.73. The summed E-state index contributed by atoms with van der Waals surface area (Å²) in [7, 11) is -3.47. The van der Waals surface area contributed by atoms with Gasteiger partial charge in [0, 0.05) is 30.2 Å². The molecule has 0 spiro atoms. The summed E-state index contributed by atoms with van der Waals surface area (Å²) in [5, 5.41) is 9.35. The molecule has 0 bridgehead atoms. The number of aromatic hydroxyl groups is 1. The van der Waals surface area contributed by atoms with Crippen LogP contribution < -0.4 is 4.90 Å². The van der Waals surface area contributed by atoms with Gasteiger partial charge in [0.05, 0.1) is 10.6 Å². The normalized spacial score (nSPS) is 17.3. The Morgan fingerprint density at radius 2 is 1.72 bits per heavy atom. The fourth-order valence-electron chi connectivity index (χ4n) is 3.82. The van der Waals surface area contributed by atoms with E-state index in [0.717, 1.165) is 35.4 Å². The summed E-state index contributed by atoms with van der Waals surface area (Å²) in [4.78, 5) is 15.7. The van der Waals surface area contributed by atoms with Gasteiger partial charge in [0.1, 0.15) is 5.75 Å². The van der Waals surface area contributed by atoms with Crippen molar-refractivity contribution in [3.8, 4) is 5.75 Å². The number of carbonyl (C=O) groups excluding carboxylic acids is 1. The first-order valence-corrected chi connectivity index (χ1v) is 12.2. The molecule has 0 aromatic heterocycles. The summed E-state index contributed by atoms with van der Waals surface area (Å²) < 4.78 is 27.4. The van der Waals surface area contributed by atoms with Gasteiger partial charge in [0.25, 0.3) is 0 Å². The van der Waals surface area contributed by atoms with E-state index in [-0.39, 0.29) is 17.4 Å². The van der Waals surface area contributed by atoms with Crippen LogP contribution in [0.1, 0.15) is 24.8 Å². The van der Waals surface area contributed by atoms with Gasteiger partial charge in [0.2, 0.25) is 15.9 Å². The zero-order valence-electron chi connectivity index (χ0n) is 16.1. The van der Waals surface area contributed by atoms with Crippen LogP contribution in [0.25, 0.3) is 0 Å². The molecule has 4 rings (SSSR count). The number of sulfonamides is 1. The van der Waals surface area contributed by atoms with Gasteiger partial charge < -0.3 is 10.0 Å². The number of phenols is 1. The quantitative estimate of drug-likeness (QED) is 0.734. The molecule has 8 heteroatoms. The summed E-state index contributed by atoms with van der Waals surface area (Å²) in [5.74, 6) is 0.482. The SMILES string of the molecule is O=C(CSc1ccc(O)cc1)N1CCc2cc(S(=O)(=O)N3CCCCC3)ccc21. The summed E-state index contributed by atoms with van der Waals surface area (Å²) >= 11 is 1.42. The molecule has 0 atom stereocenters. The van der Waals surface area contributed by atoms with Crippen molar-refractivity contribution in [2.45, 2.75) is 35.5 Å². The molecule has 2 aliphatic rings. The Balaban J connectivity index is 1.46. The van der Waals surface area contributed by atoms with Crippen LogP contribution >= 0.6 is 11.8 Å². The van der Waals surface area contributed by atoms with E-state index < -0.39 is 10.0 Å². The van der Waals surface area contributed by atoms with Gasteiger partial charge in [-0.3, -0.25) is 4.79 Å². The lowest BCUT2D eigenvalue weighted by Gasteiger charge is -2.26. The topological polar surface area (TPSA) is 77.9 Å². The average Bonchev–Trinajstić information content (AvgIpc) is 3.17. The molecule has 2 aromatic rings. The number of carbonyl (C=O) groups is 1. The second-order valence-corrected chi connectivity index (χ2v) is 10.3. The van der Waals surface area contributed by atoms with E-state index in [0.29, 0.717) is 31.0 Å². The van der Waals surface area contributed by atoms with E-state index in [2.05, 4.69) is 0 Å². The van der Waals surface area contributed by atoms with Gasteiger partial charge in [-0.15, -0.1) is 11.8 Å². The number of anilines is 1. The highest BCUT2D eigenvalue weighted by Crippen LogP contribution is 2.32. The molecule has 1 N–H and O–H groups in total. The highest BCUT2D eigenvalue weighted by atomic mass is 32.2. The highest BCUT2D eigenvalue weighted by molar-refractivity contribution is 8.00. The number of amides is 1. The molecule has 1 amide bonds. The van der Waals surface area contributed by atoms with Crippen LogP contribution in [-0.4, -0.2) is 49.1 Å². The van der Waals surface area contributed by atoms with E-state index in [4.69, 9.17) is 0 Å². The molecule has 2 aliphatic heterocycles. The number of benzene rings is 2. The molecule has 0 unspecified atom stereocenters. The molecule has 2 heterocycles. The van der Waals surface area contributed by atoms with Crippen molar-refractivity contribution in [2.24, 2.45) is 0 Å². The van der Waals surface area contributed by atoms with Crippen molar-refractivity contribution in [1.82, 2.24) is 4.31 Å². The van der Waals surface area contributed by atoms with Gasteiger partial charge in [0.15, 0.2) is 0 Å². The van der Waals surface area contributed by atoms with Crippen molar-refractivity contribution in [3.63, 3.8) is 0 Å². The first kappa shape index (κ1) is 20.3. The molecule has 6 nitrogen and oxygen atoms in total. The molecule has 1 saturated heterocycles. The van der Waals surface area contributed by atoms with Gasteiger partial charge in [-0.1, -0.05) is 6.42 Å². The third kappa shape index (κ3) is 4.29. The Morgan fingerprint density at radius 3 is 2.45 bits per heavy atom. The molecule has 0 aliphatic carbocycles. The van der Waals surface area contributed by atoms with Crippen molar-refractivity contribution < 1.29 is 18.3 Å². The monoisotopic (exact) mass is 432 g/mol. The molecule has 1 fully saturated rings. The van der Waals surface area contributed by atoms with Crippen LogP contribution in [0, 0.1) is 0 Å². The van der Waals surface area contributed by atoms with Gasteiger partial charge in [-0.2, -0.15) is 4.31 Å². The molecular weight excluding hydrogens is 408 g/mol. The number of thioether (sulfide) groups is 1. The van der Waals surface area contributed by atoms with Crippen molar-refractivity contribution in [2.75, 3.05) is 30.3 Å². The Kier molecular flexibility index (Phi) is 5.85. The van der Waals surface area contributed by atoms with Crippen LogP contribution in [0.4, 0.5) is 5.69 Å². The number of hydrogen-bond donors (Lipinski definition) is 1. The lowest BCUT2D eigenvalue weighted by molar-refractivity contribution is -0.116. The third-order valence-corrected chi connectivity index (χ3v) is 8.29. The second-order valence-electron chi connectivity index (χ2n) is 7.33. The van der Waals surface area contributed by atoms with Crippen LogP contribution in [0.15, 0.2) is 52.3 Å².